The number of nitrogens with one attached hydrogen (secondary N) is 3. The van der Waals surface area contributed by atoms with Gasteiger partial charge in [0.15, 0.2) is 5.16 Å². The Labute approximate surface area is 153 Å². The van der Waals surface area contributed by atoms with Crippen molar-refractivity contribution in [1.82, 2.24) is 15.0 Å². The number of aryl methyl sites for hydroxylation is 1. The average Bonchev–Trinajstić information content (AvgIpc) is 3.01. The third-order valence-electron chi connectivity index (χ3n) is 3.62. The first-order valence-electron chi connectivity index (χ1n) is 7.74. The minimum Gasteiger partial charge on any atom is -0.497 e. The van der Waals surface area contributed by atoms with Crippen LogP contribution < -0.4 is 20.3 Å². The second kappa shape index (κ2) is 7.52. The van der Waals surface area contributed by atoms with Crippen LogP contribution in [-0.4, -0.2) is 40.8 Å². The van der Waals surface area contributed by atoms with E-state index in [0.717, 1.165) is 17.5 Å². The molecule has 26 heavy (non-hydrogen) atoms. The zero-order chi connectivity index (χ0) is 18.7. The van der Waals surface area contributed by atoms with Crippen molar-refractivity contribution >= 4 is 34.4 Å². The molecule has 3 rings (SSSR count). The largest absolute Gasteiger partial charge is 0.497 e. The molecule has 0 fully saturated rings. The van der Waals surface area contributed by atoms with Gasteiger partial charge in [0.05, 0.1) is 31.2 Å². The summed E-state index contributed by atoms with van der Waals surface area (Å²) in [6.07, 6.45) is 0. The maximum Gasteiger partial charge on any atom is 0.275 e. The number of aromatic amines is 2. The van der Waals surface area contributed by atoms with Gasteiger partial charge in [0.25, 0.3) is 5.56 Å². The van der Waals surface area contributed by atoms with E-state index in [-0.39, 0.29) is 17.2 Å². The fourth-order valence-corrected chi connectivity index (χ4v) is 3.09. The molecule has 0 aliphatic carbocycles. The Morgan fingerprint density at radius 1 is 1.23 bits per heavy atom. The molecule has 0 unspecified atom stereocenters. The molecule has 0 aliphatic rings. The molecule has 3 N–H and O–H groups in total. The number of nitrogens with zero attached hydrogens (tertiary/aromatic N) is 1. The minimum atomic E-state index is -0.261. The van der Waals surface area contributed by atoms with Crippen LogP contribution in [0.15, 0.2) is 34.2 Å². The van der Waals surface area contributed by atoms with E-state index in [1.54, 1.807) is 31.4 Å². The standard InChI is InChI=1S/C17H18N4O4S/c1-9-6-12-15(18-9)16(23)21-17(20-12)26-8-14(22)19-11-5-4-10(24-2)7-13(11)25-3/h4-7,18H,8H2,1-3H3,(H,19,22)(H,20,21,23). The van der Waals surface area contributed by atoms with E-state index in [4.69, 9.17) is 9.47 Å². The van der Waals surface area contributed by atoms with Crippen molar-refractivity contribution in [2.45, 2.75) is 12.1 Å². The smallest absolute Gasteiger partial charge is 0.275 e. The second-order valence-corrected chi connectivity index (χ2v) is 6.45. The lowest BCUT2D eigenvalue weighted by molar-refractivity contribution is -0.113. The predicted molar refractivity (Wildman–Crippen MR) is 100 cm³/mol. The van der Waals surface area contributed by atoms with Crippen molar-refractivity contribution in [3.05, 3.63) is 40.3 Å². The number of carbonyl (C=O) groups is 1. The maximum atomic E-state index is 12.2. The summed E-state index contributed by atoms with van der Waals surface area (Å²) in [5.74, 6) is 0.976. The zero-order valence-electron chi connectivity index (χ0n) is 14.5. The lowest BCUT2D eigenvalue weighted by Crippen LogP contribution is -2.16. The summed E-state index contributed by atoms with van der Waals surface area (Å²) in [6.45, 7) is 1.85. The van der Waals surface area contributed by atoms with Gasteiger partial charge >= 0.3 is 0 Å². The number of H-pyrrole nitrogens is 2. The molecule has 0 bridgehead atoms. The molecule has 2 aromatic heterocycles. The average molecular weight is 374 g/mol. The number of hydrogen-bond donors (Lipinski definition) is 3. The number of ether oxygens (including phenoxy) is 2. The Hall–Kier alpha value is -2.94. The van der Waals surface area contributed by atoms with Crippen LogP contribution in [0.3, 0.4) is 0 Å². The highest BCUT2D eigenvalue weighted by atomic mass is 32.2. The Morgan fingerprint density at radius 2 is 2.04 bits per heavy atom. The number of carbonyl (C=O) groups excluding carboxylic acids is 1. The number of methoxy groups -OCH3 is 2. The Kier molecular flexibility index (Phi) is 5.17. The van der Waals surface area contributed by atoms with E-state index in [0.29, 0.717) is 33.4 Å². The van der Waals surface area contributed by atoms with Gasteiger partial charge in [-0.2, -0.15) is 0 Å². The van der Waals surface area contributed by atoms with E-state index in [1.807, 2.05) is 6.92 Å². The third-order valence-corrected chi connectivity index (χ3v) is 4.50. The number of hydrogen-bond acceptors (Lipinski definition) is 6. The van der Waals surface area contributed by atoms with Gasteiger partial charge in [-0.05, 0) is 25.1 Å². The van der Waals surface area contributed by atoms with Gasteiger partial charge < -0.3 is 19.8 Å². The van der Waals surface area contributed by atoms with E-state index in [9.17, 15) is 9.59 Å². The molecule has 0 saturated heterocycles. The van der Waals surface area contributed by atoms with Crippen molar-refractivity contribution in [2.75, 3.05) is 25.3 Å². The molecule has 8 nitrogen and oxygen atoms in total. The minimum absolute atomic E-state index is 0.0903. The molecule has 0 aliphatic heterocycles. The topological polar surface area (TPSA) is 109 Å². The highest BCUT2D eigenvalue weighted by Crippen LogP contribution is 2.29. The summed E-state index contributed by atoms with van der Waals surface area (Å²) in [4.78, 5) is 34.2. The van der Waals surface area contributed by atoms with E-state index in [2.05, 4.69) is 20.3 Å². The number of amides is 1. The van der Waals surface area contributed by atoms with Gasteiger partial charge in [-0.3, -0.25) is 14.6 Å². The molecular formula is C17H18N4O4S. The van der Waals surface area contributed by atoms with Gasteiger partial charge in [0, 0.05) is 11.8 Å². The lowest BCUT2D eigenvalue weighted by atomic mass is 10.2. The van der Waals surface area contributed by atoms with Crippen LogP contribution in [0.5, 0.6) is 11.5 Å². The molecular weight excluding hydrogens is 356 g/mol. The molecule has 136 valence electrons. The fraction of sp³-hybridized carbons (Fsp3) is 0.235. The molecule has 0 spiro atoms. The fourth-order valence-electron chi connectivity index (χ4n) is 2.42. The third kappa shape index (κ3) is 3.83. The number of rotatable bonds is 6. The SMILES string of the molecule is COc1ccc(NC(=O)CSc2nc3cc(C)[nH]c3c(=O)[nH]2)c(OC)c1. The molecule has 1 aromatic carbocycles. The maximum absolute atomic E-state index is 12.2. The van der Waals surface area contributed by atoms with Crippen LogP contribution in [0.2, 0.25) is 0 Å². The van der Waals surface area contributed by atoms with Crippen molar-refractivity contribution in [3.63, 3.8) is 0 Å². The summed E-state index contributed by atoms with van der Waals surface area (Å²) in [5, 5.41) is 3.16. The second-order valence-electron chi connectivity index (χ2n) is 5.49. The Balaban J connectivity index is 1.68. The molecule has 0 radical (unpaired) electrons. The first kappa shape index (κ1) is 17.9. The van der Waals surface area contributed by atoms with Crippen molar-refractivity contribution < 1.29 is 14.3 Å². The van der Waals surface area contributed by atoms with Gasteiger partial charge in [-0.15, -0.1) is 0 Å². The number of thioether (sulfide) groups is 1. The summed E-state index contributed by atoms with van der Waals surface area (Å²) in [7, 11) is 3.07. The Bertz CT molecular complexity index is 1010. The van der Waals surface area contributed by atoms with Crippen LogP contribution in [0.1, 0.15) is 5.69 Å². The van der Waals surface area contributed by atoms with Crippen LogP contribution in [0, 0.1) is 6.92 Å². The van der Waals surface area contributed by atoms with E-state index < -0.39 is 0 Å². The summed E-state index contributed by atoms with van der Waals surface area (Å²) >= 11 is 1.15. The summed E-state index contributed by atoms with van der Waals surface area (Å²) in [5.41, 5.74) is 2.13. The number of fused-ring (bicyclic) bond motifs is 1. The van der Waals surface area contributed by atoms with Gasteiger partial charge in [0.1, 0.15) is 17.0 Å². The summed E-state index contributed by atoms with van der Waals surface area (Å²) < 4.78 is 10.4. The van der Waals surface area contributed by atoms with Gasteiger partial charge in [-0.1, -0.05) is 11.8 Å². The number of benzene rings is 1. The highest BCUT2D eigenvalue weighted by molar-refractivity contribution is 7.99. The summed E-state index contributed by atoms with van der Waals surface area (Å²) in [6, 6.07) is 6.91. The van der Waals surface area contributed by atoms with Crippen molar-refractivity contribution in [3.8, 4) is 11.5 Å². The van der Waals surface area contributed by atoms with Crippen LogP contribution >= 0.6 is 11.8 Å². The lowest BCUT2D eigenvalue weighted by Gasteiger charge is -2.11. The first-order chi connectivity index (χ1) is 12.5. The van der Waals surface area contributed by atoms with E-state index in [1.165, 1.54) is 7.11 Å². The normalized spacial score (nSPS) is 10.7. The number of anilines is 1. The molecule has 1 amide bonds. The highest BCUT2D eigenvalue weighted by Gasteiger charge is 2.12. The van der Waals surface area contributed by atoms with Crippen LogP contribution in [-0.2, 0) is 4.79 Å². The van der Waals surface area contributed by atoms with Crippen LogP contribution in [0.4, 0.5) is 5.69 Å². The van der Waals surface area contributed by atoms with E-state index >= 15 is 0 Å². The molecule has 0 atom stereocenters. The molecule has 0 saturated carbocycles. The van der Waals surface area contributed by atoms with Crippen molar-refractivity contribution in [2.24, 2.45) is 0 Å². The first-order valence-corrected chi connectivity index (χ1v) is 8.73. The molecule has 9 heteroatoms. The Morgan fingerprint density at radius 3 is 2.77 bits per heavy atom. The van der Waals surface area contributed by atoms with Crippen LogP contribution in [0.25, 0.3) is 11.0 Å². The quantitative estimate of drug-likeness (QED) is 0.451. The van der Waals surface area contributed by atoms with Crippen molar-refractivity contribution in [1.29, 1.82) is 0 Å². The predicted octanol–water partition coefficient (Wildman–Crippen LogP) is 2.31. The molecule has 3 aromatic rings. The number of aromatic nitrogens is 3. The van der Waals surface area contributed by atoms with Gasteiger partial charge in [-0.25, -0.2) is 4.98 Å². The van der Waals surface area contributed by atoms with Gasteiger partial charge in [0.2, 0.25) is 5.91 Å². The molecule has 2 heterocycles. The zero-order valence-corrected chi connectivity index (χ0v) is 15.3. The monoisotopic (exact) mass is 374 g/mol.